The highest BCUT2D eigenvalue weighted by atomic mass is 79.9. The first-order valence-corrected chi connectivity index (χ1v) is 8.69. The second-order valence-corrected chi connectivity index (χ2v) is 7.24. The van der Waals surface area contributed by atoms with E-state index in [9.17, 15) is 19.5 Å². The number of urea groups is 1. The number of amides is 4. The molecule has 0 aromatic heterocycles. The van der Waals surface area contributed by atoms with E-state index in [4.69, 9.17) is 0 Å². The summed E-state index contributed by atoms with van der Waals surface area (Å²) in [6.45, 7) is 0.288. The number of phenolic OH excluding ortho intramolecular Hbond substituents is 1. The van der Waals surface area contributed by atoms with Crippen molar-refractivity contribution in [1.82, 2.24) is 15.5 Å². The van der Waals surface area contributed by atoms with Crippen LogP contribution in [-0.2, 0) is 16.9 Å². The molecule has 7 nitrogen and oxygen atoms in total. The van der Waals surface area contributed by atoms with Crippen molar-refractivity contribution in [1.29, 1.82) is 0 Å². The zero-order valence-electron chi connectivity index (χ0n) is 13.5. The van der Waals surface area contributed by atoms with E-state index >= 15 is 0 Å². The molecule has 2 aromatic carbocycles. The van der Waals surface area contributed by atoms with Crippen molar-refractivity contribution in [3.63, 3.8) is 0 Å². The number of benzene rings is 2. The van der Waals surface area contributed by atoms with E-state index in [2.05, 4.69) is 26.6 Å². The molecule has 2 aliphatic heterocycles. The van der Waals surface area contributed by atoms with E-state index in [-0.39, 0.29) is 18.2 Å². The zero-order valence-corrected chi connectivity index (χ0v) is 15.0. The molecule has 1 fully saturated rings. The van der Waals surface area contributed by atoms with Crippen LogP contribution in [0.5, 0.6) is 5.75 Å². The van der Waals surface area contributed by atoms with Crippen LogP contribution in [0.1, 0.15) is 21.5 Å². The molecule has 4 rings (SSSR count). The number of hydrogen-bond acceptors (Lipinski definition) is 4. The first-order chi connectivity index (χ1) is 12.4. The lowest BCUT2D eigenvalue weighted by Gasteiger charge is -2.31. The molecule has 3 N–H and O–H groups in total. The molecule has 8 heteroatoms. The van der Waals surface area contributed by atoms with Crippen molar-refractivity contribution >= 4 is 33.8 Å². The summed E-state index contributed by atoms with van der Waals surface area (Å²) in [5.74, 6) is -0.786. The van der Waals surface area contributed by atoms with Crippen molar-refractivity contribution in [3.8, 4) is 5.75 Å². The minimum Gasteiger partial charge on any atom is -0.508 e. The number of carbonyl (C=O) groups excluding carboxylic acids is 3. The van der Waals surface area contributed by atoms with E-state index in [1.807, 2.05) is 0 Å². The predicted molar refractivity (Wildman–Crippen MR) is 95.3 cm³/mol. The Morgan fingerprint density at radius 1 is 1.12 bits per heavy atom. The number of imide groups is 1. The van der Waals surface area contributed by atoms with Crippen LogP contribution < -0.4 is 10.6 Å². The van der Waals surface area contributed by atoms with Gasteiger partial charge in [-0.15, -0.1) is 0 Å². The zero-order chi connectivity index (χ0) is 18.5. The quantitative estimate of drug-likeness (QED) is 0.666. The lowest BCUT2D eigenvalue weighted by molar-refractivity contribution is -0.124. The first-order valence-electron chi connectivity index (χ1n) is 7.90. The number of carbonyl (C=O) groups is 3. The molecule has 1 atom stereocenters. The molecule has 0 unspecified atom stereocenters. The van der Waals surface area contributed by atoms with Gasteiger partial charge < -0.3 is 15.3 Å². The molecule has 0 aliphatic carbocycles. The Hall–Kier alpha value is -2.87. The van der Waals surface area contributed by atoms with E-state index in [0.29, 0.717) is 17.7 Å². The van der Waals surface area contributed by atoms with Gasteiger partial charge in [0, 0.05) is 16.6 Å². The summed E-state index contributed by atoms with van der Waals surface area (Å²) in [7, 11) is 0. The molecule has 0 spiro atoms. The number of phenols is 1. The number of nitrogens with zero attached hydrogens (tertiary/aromatic N) is 1. The Kier molecular flexibility index (Phi) is 3.73. The summed E-state index contributed by atoms with van der Waals surface area (Å²) in [6.07, 6.45) is 0. The Labute approximate surface area is 157 Å². The lowest BCUT2D eigenvalue weighted by atomic mass is 9.89. The Morgan fingerprint density at radius 2 is 1.85 bits per heavy atom. The third-order valence-corrected chi connectivity index (χ3v) is 5.21. The highest BCUT2D eigenvalue weighted by Gasteiger charge is 2.50. The fourth-order valence-electron chi connectivity index (χ4n) is 3.40. The minimum absolute atomic E-state index is 0.00786. The number of halogens is 1. The average molecular weight is 416 g/mol. The van der Waals surface area contributed by atoms with E-state index in [1.165, 1.54) is 17.0 Å². The average Bonchev–Trinajstić information content (AvgIpc) is 3.06. The van der Waals surface area contributed by atoms with Crippen molar-refractivity contribution in [2.75, 3.05) is 6.54 Å². The molecule has 0 bridgehead atoms. The van der Waals surface area contributed by atoms with Crippen molar-refractivity contribution < 1.29 is 19.5 Å². The molecule has 2 aromatic rings. The monoisotopic (exact) mass is 415 g/mol. The van der Waals surface area contributed by atoms with E-state index in [1.54, 1.807) is 30.3 Å². The van der Waals surface area contributed by atoms with Gasteiger partial charge in [0.05, 0.1) is 6.54 Å². The van der Waals surface area contributed by atoms with Crippen molar-refractivity contribution in [2.24, 2.45) is 0 Å². The first kappa shape index (κ1) is 16.6. The molecule has 132 valence electrons. The Balaban J connectivity index is 1.71. The van der Waals surface area contributed by atoms with Gasteiger partial charge in [-0.25, -0.2) is 4.79 Å². The second-order valence-electron chi connectivity index (χ2n) is 6.32. The number of fused-ring (bicyclic) bond motifs is 1. The second kappa shape index (κ2) is 5.84. The third-order valence-electron chi connectivity index (χ3n) is 4.68. The maximum absolute atomic E-state index is 12.7. The summed E-state index contributed by atoms with van der Waals surface area (Å²) in [5.41, 5.74) is 0.386. The highest BCUT2D eigenvalue weighted by molar-refractivity contribution is 9.10. The van der Waals surface area contributed by atoms with Gasteiger partial charge in [0.2, 0.25) is 0 Å². The molecular weight excluding hydrogens is 402 g/mol. The fraction of sp³-hybridized carbons (Fsp3) is 0.167. The topological polar surface area (TPSA) is 98.7 Å². The van der Waals surface area contributed by atoms with Crippen LogP contribution in [0.15, 0.2) is 46.9 Å². The summed E-state index contributed by atoms with van der Waals surface area (Å²) >= 11 is 3.35. The molecular formula is C18H14BrN3O4. The predicted octanol–water partition coefficient (Wildman–Crippen LogP) is 1.85. The van der Waals surface area contributed by atoms with Crippen molar-refractivity contribution in [2.45, 2.75) is 12.1 Å². The van der Waals surface area contributed by atoms with Crippen LogP contribution in [-0.4, -0.2) is 34.4 Å². The largest absolute Gasteiger partial charge is 0.508 e. The third kappa shape index (κ3) is 2.53. The maximum atomic E-state index is 12.7. The van der Waals surface area contributed by atoms with Crippen molar-refractivity contribution in [3.05, 3.63) is 63.6 Å². The molecule has 4 amide bonds. The summed E-state index contributed by atoms with van der Waals surface area (Å²) in [4.78, 5) is 38.7. The number of nitrogens with one attached hydrogen (secondary N) is 2. The number of rotatable bonds is 3. The highest BCUT2D eigenvalue weighted by Crippen LogP contribution is 2.32. The molecule has 1 saturated heterocycles. The standard InChI is InChI=1S/C18H14BrN3O4/c19-12-4-2-11(3-5-12)18(16(25)20-17(26)21-18)9-22-8-10-1-6-13(23)7-14(10)15(22)24/h1-7,23H,8-9H2,(H2,20,21,25,26)/t18-/m0/s1. The van der Waals surface area contributed by atoms with Crippen LogP contribution >= 0.6 is 15.9 Å². The maximum Gasteiger partial charge on any atom is 0.322 e. The van der Waals surface area contributed by atoms with Gasteiger partial charge in [0.25, 0.3) is 11.8 Å². The van der Waals surface area contributed by atoms with E-state index < -0.39 is 17.5 Å². The Morgan fingerprint density at radius 3 is 2.50 bits per heavy atom. The molecule has 2 heterocycles. The van der Waals surface area contributed by atoms with Crippen LogP contribution in [0.2, 0.25) is 0 Å². The number of aromatic hydroxyl groups is 1. The van der Waals surface area contributed by atoms with Crippen LogP contribution in [0.25, 0.3) is 0 Å². The number of hydrogen-bond donors (Lipinski definition) is 3. The molecule has 2 aliphatic rings. The SMILES string of the molecule is O=C1NC(=O)[C@](CN2Cc3ccc(O)cc3C2=O)(c2ccc(Br)cc2)N1. The van der Waals surface area contributed by atoms with Crippen LogP contribution in [0.3, 0.4) is 0 Å². The lowest BCUT2D eigenvalue weighted by Crippen LogP contribution is -2.52. The normalized spacial score (nSPS) is 21.6. The van der Waals surface area contributed by atoms with Gasteiger partial charge >= 0.3 is 6.03 Å². The Bertz CT molecular complexity index is 944. The smallest absolute Gasteiger partial charge is 0.322 e. The van der Waals surface area contributed by atoms with Gasteiger partial charge in [-0.2, -0.15) is 0 Å². The van der Waals surface area contributed by atoms with Gasteiger partial charge in [-0.3, -0.25) is 14.9 Å². The summed E-state index contributed by atoms with van der Waals surface area (Å²) in [6, 6.07) is 11.0. The van der Waals surface area contributed by atoms with Gasteiger partial charge in [0.1, 0.15) is 5.75 Å². The molecule has 0 saturated carbocycles. The molecule has 0 radical (unpaired) electrons. The van der Waals surface area contributed by atoms with Gasteiger partial charge in [-0.1, -0.05) is 34.1 Å². The minimum atomic E-state index is -1.36. The van der Waals surface area contributed by atoms with E-state index in [0.717, 1.165) is 10.0 Å². The summed E-state index contributed by atoms with van der Waals surface area (Å²) < 4.78 is 0.835. The fourth-order valence-corrected chi connectivity index (χ4v) is 3.66. The van der Waals surface area contributed by atoms with Gasteiger partial charge in [0.15, 0.2) is 5.54 Å². The molecule has 26 heavy (non-hydrogen) atoms. The summed E-state index contributed by atoms with van der Waals surface area (Å²) in [5, 5.41) is 14.6. The van der Waals surface area contributed by atoms with Crippen LogP contribution in [0, 0.1) is 0 Å². The van der Waals surface area contributed by atoms with Gasteiger partial charge in [-0.05, 0) is 35.4 Å². The van der Waals surface area contributed by atoms with Crippen LogP contribution in [0.4, 0.5) is 4.79 Å².